The second-order valence-electron chi connectivity index (χ2n) is 3.37. The summed E-state index contributed by atoms with van der Waals surface area (Å²) in [4.78, 5) is 0. The molecule has 0 aliphatic heterocycles. The molecule has 2 aromatic carbocycles. The van der Waals surface area contributed by atoms with Crippen molar-refractivity contribution < 1.29 is 4.39 Å². The molecule has 0 saturated carbocycles. The topological polar surface area (TPSA) is 38.0 Å². The first-order valence-electron chi connectivity index (χ1n) is 4.73. The maximum Gasteiger partial charge on any atom is 0.148 e. The van der Waals surface area contributed by atoms with Crippen LogP contribution in [0.3, 0.4) is 0 Å². The Morgan fingerprint density at radius 3 is 2.50 bits per heavy atom. The lowest BCUT2D eigenvalue weighted by atomic mass is 10.2. The van der Waals surface area contributed by atoms with Gasteiger partial charge in [0.15, 0.2) is 0 Å². The third kappa shape index (κ3) is 2.44. The Bertz CT molecular complexity index is 514. The number of hydrogen-bond acceptors (Lipinski definition) is 2. The van der Waals surface area contributed by atoms with Gasteiger partial charge in [0.05, 0.1) is 5.69 Å². The zero-order chi connectivity index (χ0) is 11.5. The zero-order valence-corrected chi connectivity index (χ0v) is 9.13. The van der Waals surface area contributed by atoms with Crippen molar-refractivity contribution in [3.63, 3.8) is 0 Å². The van der Waals surface area contributed by atoms with Gasteiger partial charge in [0.2, 0.25) is 0 Å². The van der Waals surface area contributed by atoms with Crippen molar-refractivity contribution in [1.29, 1.82) is 0 Å². The Morgan fingerprint density at radius 1 is 1.06 bits per heavy atom. The quantitative estimate of drug-likeness (QED) is 0.779. The van der Waals surface area contributed by atoms with E-state index in [1.165, 1.54) is 12.1 Å². The molecule has 2 nitrogen and oxygen atoms in total. The number of halogens is 2. The van der Waals surface area contributed by atoms with E-state index < -0.39 is 5.82 Å². The van der Waals surface area contributed by atoms with Gasteiger partial charge in [-0.15, -0.1) is 0 Å². The van der Waals surface area contributed by atoms with Crippen LogP contribution in [0.4, 0.5) is 21.5 Å². The van der Waals surface area contributed by atoms with E-state index in [4.69, 9.17) is 17.3 Å². The van der Waals surface area contributed by atoms with Crippen molar-refractivity contribution in [1.82, 2.24) is 0 Å². The molecular formula is C12H10ClFN2. The van der Waals surface area contributed by atoms with Crippen molar-refractivity contribution in [2.45, 2.75) is 0 Å². The third-order valence-electron chi connectivity index (χ3n) is 2.11. The van der Waals surface area contributed by atoms with E-state index in [2.05, 4.69) is 5.32 Å². The van der Waals surface area contributed by atoms with Gasteiger partial charge in [0, 0.05) is 16.4 Å². The van der Waals surface area contributed by atoms with Gasteiger partial charge in [-0.25, -0.2) is 4.39 Å². The number of nitrogens with two attached hydrogens (primary N) is 1. The predicted octanol–water partition coefficient (Wildman–Crippen LogP) is 3.80. The molecule has 0 heterocycles. The van der Waals surface area contributed by atoms with Crippen LogP contribution in [0.25, 0.3) is 0 Å². The van der Waals surface area contributed by atoms with E-state index in [0.29, 0.717) is 10.7 Å². The Balaban J connectivity index is 2.24. The molecule has 16 heavy (non-hydrogen) atoms. The highest BCUT2D eigenvalue weighted by molar-refractivity contribution is 6.30. The Kier molecular flexibility index (Phi) is 2.97. The van der Waals surface area contributed by atoms with E-state index in [9.17, 15) is 4.39 Å². The monoisotopic (exact) mass is 236 g/mol. The second-order valence-corrected chi connectivity index (χ2v) is 3.81. The highest BCUT2D eigenvalue weighted by Crippen LogP contribution is 2.22. The lowest BCUT2D eigenvalue weighted by Gasteiger charge is -2.07. The first-order chi connectivity index (χ1) is 7.65. The Morgan fingerprint density at radius 2 is 1.81 bits per heavy atom. The van der Waals surface area contributed by atoms with Crippen LogP contribution in [0.15, 0.2) is 42.5 Å². The van der Waals surface area contributed by atoms with Gasteiger partial charge in [-0.2, -0.15) is 0 Å². The number of benzene rings is 2. The van der Waals surface area contributed by atoms with Crippen LogP contribution >= 0.6 is 11.6 Å². The molecule has 0 saturated heterocycles. The van der Waals surface area contributed by atoms with Crippen molar-refractivity contribution in [2.75, 3.05) is 11.1 Å². The summed E-state index contributed by atoms with van der Waals surface area (Å²) >= 11 is 5.83. The first-order valence-corrected chi connectivity index (χ1v) is 5.10. The third-order valence-corrected chi connectivity index (χ3v) is 2.35. The van der Waals surface area contributed by atoms with Crippen molar-refractivity contribution >= 4 is 28.7 Å². The van der Waals surface area contributed by atoms with E-state index in [0.717, 1.165) is 5.69 Å². The highest BCUT2D eigenvalue weighted by atomic mass is 35.5. The van der Waals surface area contributed by atoms with Gasteiger partial charge in [-0.05, 0) is 36.4 Å². The maximum absolute atomic E-state index is 13.2. The Labute approximate surface area is 97.8 Å². The van der Waals surface area contributed by atoms with E-state index in [-0.39, 0.29) is 5.69 Å². The van der Waals surface area contributed by atoms with E-state index in [1.54, 1.807) is 18.2 Å². The fraction of sp³-hybridized carbons (Fsp3) is 0. The molecule has 0 amide bonds. The van der Waals surface area contributed by atoms with Crippen LogP contribution in [0.2, 0.25) is 5.02 Å². The van der Waals surface area contributed by atoms with Gasteiger partial charge >= 0.3 is 0 Å². The molecule has 3 N–H and O–H groups in total. The first kappa shape index (κ1) is 10.8. The molecule has 0 atom stereocenters. The number of anilines is 3. The summed E-state index contributed by atoms with van der Waals surface area (Å²) in [6.45, 7) is 0. The SMILES string of the molecule is Nc1ccc(Nc2cccc(Cl)c2)cc1F. The molecule has 2 rings (SSSR count). The van der Waals surface area contributed by atoms with Crippen LogP contribution < -0.4 is 11.1 Å². The molecule has 4 heteroatoms. The zero-order valence-electron chi connectivity index (χ0n) is 8.37. The molecule has 0 aliphatic carbocycles. The van der Waals surface area contributed by atoms with Crippen LogP contribution in [0.5, 0.6) is 0 Å². The standard InChI is InChI=1S/C12H10ClFN2/c13-8-2-1-3-9(6-8)16-10-4-5-12(15)11(14)7-10/h1-7,16H,15H2. The van der Waals surface area contributed by atoms with Gasteiger partial charge in [-0.3, -0.25) is 0 Å². The summed E-state index contributed by atoms with van der Waals surface area (Å²) in [5.74, 6) is -0.438. The fourth-order valence-electron chi connectivity index (χ4n) is 1.34. The van der Waals surface area contributed by atoms with Gasteiger partial charge in [0.1, 0.15) is 5.82 Å². The summed E-state index contributed by atoms with van der Waals surface area (Å²) in [5.41, 5.74) is 6.95. The number of rotatable bonds is 2. The van der Waals surface area contributed by atoms with Gasteiger partial charge in [-0.1, -0.05) is 17.7 Å². The van der Waals surface area contributed by atoms with Crippen molar-refractivity contribution in [3.8, 4) is 0 Å². The van der Waals surface area contributed by atoms with Crippen LogP contribution in [0, 0.1) is 5.82 Å². The van der Waals surface area contributed by atoms with Gasteiger partial charge in [0.25, 0.3) is 0 Å². The lowest BCUT2D eigenvalue weighted by molar-refractivity contribution is 0.633. The molecule has 0 spiro atoms. The minimum absolute atomic E-state index is 0.136. The molecular weight excluding hydrogens is 227 g/mol. The average molecular weight is 237 g/mol. The largest absolute Gasteiger partial charge is 0.396 e. The molecule has 0 aromatic heterocycles. The molecule has 0 bridgehead atoms. The van der Waals surface area contributed by atoms with E-state index >= 15 is 0 Å². The minimum atomic E-state index is -0.438. The van der Waals surface area contributed by atoms with Gasteiger partial charge < -0.3 is 11.1 Å². The number of hydrogen-bond donors (Lipinski definition) is 2. The summed E-state index contributed by atoms with van der Waals surface area (Å²) in [6, 6.07) is 11.8. The maximum atomic E-state index is 13.2. The smallest absolute Gasteiger partial charge is 0.148 e. The molecule has 0 unspecified atom stereocenters. The fourth-order valence-corrected chi connectivity index (χ4v) is 1.53. The van der Waals surface area contributed by atoms with Crippen molar-refractivity contribution in [2.24, 2.45) is 0 Å². The van der Waals surface area contributed by atoms with Crippen LogP contribution in [0.1, 0.15) is 0 Å². The summed E-state index contributed by atoms with van der Waals surface area (Å²) in [7, 11) is 0. The molecule has 0 fully saturated rings. The normalized spacial score (nSPS) is 10.1. The summed E-state index contributed by atoms with van der Waals surface area (Å²) in [6.07, 6.45) is 0. The molecule has 0 aliphatic rings. The summed E-state index contributed by atoms with van der Waals surface area (Å²) < 4.78 is 13.2. The number of nitrogens with one attached hydrogen (secondary N) is 1. The average Bonchev–Trinajstić information content (AvgIpc) is 2.24. The molecule has 2 aromatic rings. The van der Waals surface area contributed by atoms with Crippen LogP contribution in [-0.2, 0) is 0 Å². The number of nitrogen functional groups attached to an aromatic ring is 1. The Hall–Kier alpha value is -1.74. The lowest BCUT2D eigenvalue weighted by Crippen LogP contribution is -1.94. The van der Waals surface area contributed by atoms with Crippen LogP contribution in [-0.4, -0.2) is 0 Å². The second kappa shape index (κ2) is 4.41. The molecule has 82 valence electrons. The van der Waals surface area contributed by atoms with E-state index in [1.807, 2.05) is 12.1 Å². The highest BCUT2D eigenvalue weighted by Gasteiger charge is 2.00. The molecule has 0 radical (unpaired) electrons. The summed E-state index contributed by atoms with van der Waals surface area (Å²) in [5, 5.41) is 3.66. The predicted molar refractivity (Wildman–Crippen MR) is 65.5 cm³/mol. The minimum Gasteiger partial charge on any atom is -0.396 e. The van der Waals surface area contributed by atoms with Crippen molar-refractivity contribution in [3.05, 3.63) is 53.3 Å².